The molecule has 2 rings (SSSR count). The first-order valence-corrected chi connectivity index (χ1v) is 6.70. The molecule has 0 saturated carbocycles. The second kappa shape index (κ2) is 6.57. The molecule has 0 radical (unpaired) electrons. The van der Waals surface area contributed by atoms with Crippen molar-refractivity contribution in [3.05, 3.63) is 65.0 Å². The third kappa shape index (κ3) is 3.39. The summed E-state index contributed by atoms with van der Waals surface area (Å²) in [6.45, 7) is 4.73. The third-order valence-corrected chi connectivity index (χ3v) is 3.27. The van der Waals surface area contributed by atoms with E-state index in [1.54, 1.807) is 6.20 Å². The average Bonchev–Trinajstić information content (AvgIpc) is 2.42. The number of pyridine rings is 1. The summed E-state index contributed by atoms with van der Waals surface area (Å²) in [5.41, 5.74) is 2.45. The molecule has 2 nitrogen and oxygen atoms in total. The van der Waals surface area contributed by atoms with E-state index in [1.807, 2.05) is 26.0 Å². The summed E-state index contributed by atoms with van der Waals surface area (Å²) in [7, 11) is 0. The molecule has 0 fully saturated rings. The summed E-state index contributed by atoms with van der Waals surface area (Å²) in [4.78, 5) is 4.38. The fourth-order valence-electron chi connectivity index (χ4n) is 2.28. The zero-order valence-corrected chi connectivity index (χ0v) is 11.7. The van der Waals surface area contributed by atoms with Crippen molar-refractivity contribution in [3.63, 3.8) is 0 Å². The van der Waals surface area contributed by atoms with E-state index in [9.17, 15) is 8.78 Å². The minimum atomic E-state index is -0.555. The van der Waals surface area contributed by atoms with Crippen LogP contribution in [-0.2, 0) is 6.42 Å². The van der Waals surface area contributed by atoms with Crippen LogP contribution in [0.25, 0.3) is 0 Å². The van der Waals surface area contributed by atoms with Gasteiger partial charge in [-0.3, -0.25) is 4.98 Å². The van der Waals surface area contributed by atoms with E-state index in [0.29, 0.717) is 12.0 Å². The second-order valence-electron chi connectivity index (χ2n) is 4.76. The summed E-state index contributed by atoms with van der Waals surface area (Å²) >= 11 is 0. The van der Waals surface area contributed by atoms with Gasteiger partial charge < -0.3 is 5.32 Å². The van der Waals surface area contributed by atoms with Crippen LogP contribution in [0.15, 0.2) is 36.5 Å². The van der Waals surface area contributed by atoms with Gasteiger partial charge in [0, 0.05) is 12.3 Å². The van der Waals surface area contributed by atoms with Gasteiger partial charge in [0.2, 0.25) is 0 Å². The van der Waals surface area contributed by atoms with Crippen LogP contribution in [0, 0.1) is 18.6 Å². The smallest absolute Gasteiger partial charge is 0.129 e. The van der Waals surface area contributed by atoms with Crippen LogP contribution in [-0.4, -0.2) is 11.5 Å². The van der Waals surface area contributed by atoms with E-state index in [0.717, 1.165) is 23.9 Å². The van der Waals surface area contributed by atoms with Crippen LogP contribution in [0.3, 0.4) is 0 Å². The highest BCUT2D eigenvalue weighted by molar-refractivity contribution is 5.26. The number of hydrogen-bond donors (Lipinski definition) is 1. The molecular weight excluding hydrogens is 258 g/mol. The minimum Gasteiger partial charge on any atom is -0.309 e. The van der Waals surface area contributed by atoms with Gasteiger partial charge in [0.25, 0.3) is 0 Å². The molecule has 1 aromatic carbocycles. The van der Waals surface area contributed by atoms with E-state index >= 15 is 0 Å². The third-order valence-electron chi connectivity index (χ3n) is 3.27. The Kier molecular flexibility index (Phi) is 4.79. The molecule has 0 aliphatic rings. The van der Waals surface area contributed by atoms with Crippen LogP contribution in [0.4, 0.5) is 8.78 Å². The normalized spacial score (nSPS) is 12.4. The van der Waals surface area contributed by atoms with Crippen molar-refractivity contribution in [1.82, 2.24) is 10.3 Å². The van der Waals surface area contributed by atoms with E-state index in [1.165, 1.54) is 12.1 Å². The Bertz CT molecular complexity index is 584. The van der Waals surface area contributed by atoms with Gasteiger partial charge in [0.1, 0.15) is 11.6 Å². The van der Waals surface area contributed by atoms with Crippen molar-refractivity contribution in [2.75, 3.05) is 6.54 Å². The van der Waals surface area contributed by atoms with Crippen molar-refractivity contribution in [3.8, 4) is 0 Å². The molecule has 0 saturated heterocycles. The molecule has 0 amide bonds. The van der Waals surface area contributed by atoms with Gasteiger partial charge in [-0.05, 0) is 43.1 Å². The number of nitrogens with zero attached hydrogens (tertiary/aromatic N) is 1. The number of likely N-dealkylation sites (N-methyl/N-ethyl adjacent to an activating group) is 1. The molecule has 0 bridgehead atoms. The summed E-state index contributed by atoms with van der Waals surface area (Å²) in [5.74, 6) is -1.07. The molecular formula is C16H18F2N2. The lowest BCUT2D eigenvalue weighted by Gasteiger charge is -2.19. The molecule has 1 N–H and O–H groups in total. The molecule has 0 aliphatic heterocycles. The summed E-state index contributed by atoms with van der Waals surface area (Å²) in [6.07, 6.45) is 2.17. The molecule has 0 spiro atoms. The highest BCUT2D eigenvalue weighted by Gasteiger charge is 2.17. The second-order valence-corrected chi connectivity index (χ2v) is 4.76. The summed E-state index contributed by atoms with van der Waals surface area (Å²) in [6, 6.07) is 7.47. The van der Waals surface area contributed by atoms with Crippen LogP contribution in [0.5, 0.6) is 0 Å². The lowest BCUT2D eigenvalue weighted by molar-refractivity contribution is 0.510. The Morgan fingerprint density at radius 2 is 2.05 bits per heavy atom. The number of nitrogens with one attached hydrogen (secondary N) is 1. The zero-order chi connectivity index (χ0) is 14.5. The van der Waals surface area contributed by atoms with Crippen molar-refractivity contribution >= 4 is 0 Å². The molecule has 1 aromatic heterocycles. The minimum absolute atomic E-state index is 0.0823. The molecule has 4 heteroatoms. The average molecular weight is 276 g/mol. The Balaban J connectivity index is 2.28. The molecule has 1 heterocycles. The lowest BCUT2D eigenvalue weighted by Crippen LogP contribution is -2.25. The van der Waals surface area contributed by atoms with Crippen molar-refractivity contribution < 1.29 is 8.78 Å². The monoisotopic (exact) mass is 276 g/mol. The fraction of sp³-hybridized carbons (Fsp3) is 0.312. The van der Waals surface area contributed by atoms with Gasteiger partial charge in [-0.1, -0.05) is 19.1 Å². The first kappa shape index (κ1) is 14.6. The number of halogens is 2. The van der Waals surface area contributed by atoms with Gasteiger partial charge in [0.15, 0.2) is 0 Å². The zero-order valence-electron chi connectivity index (χ0n) is 11.7. The van der Waals surface area contributed by atoms with E-state index < -0.39 is 11.6 Å². The van der Waals surface area contributed by atoms with Crippen molar-refractivity contribution in [2.24, 2.45) is 0 Å². The molecule has 20 heavy (non-hydrogen) atoms. The van der Waals surface area contributed by atoms with Crippen LogP contribution in [0.1, 0.15) is 29.8 Å². The maximum atomic E-state index is 13.8. The number of aryl methyl sites for hydroxylation is 1. The summed E-state index contributed by atoms with van der Waals surface area (Å²) in [5, 5.41) is 3.31. The Hall–Kier alpha value is -1.81. The molecule has 2 aromatic rings. The van der Waals surface area contributed by atoms with Gasteiger partial charge in [-0.2, -0.15) is 0 Å². The topological polar surface area (TPSA) is 24.9 Å². The maximum absolute atomic E-state index is 13.8. The van der Waals surface area contributed by atoms with Gasteiger partial charge >= 0.3 is 0 Å². The quantitative estimate of drug-likeness (QED) is 0.903. The van der Waals surface area contributed by atoms with Crippen LogP contribution in [0.2, 0.25) is 0 Å². The number of hydrogen-bond acceptors (Lipinski definition) is 2. The number of aromatic nitrogens is 1. The predicted octanol–water partition coefficient (Wildman–Crippen LogP) is 3.56. The van der Waals surface area contributed by atoms with Crippen molar-refractivity contribution in [2.45, 2.75) is 26.3 Å². The highest BCUT2D eigenvalue weighted by atomic mass is 19.1. The molecule has 106 valence electrons. The number of rotatable bonds is 5. The van der Waals surface area contributed by atoms with Crippen molar-refractivity contribution in [1.29, 1.82) is 0 Å². The maximum Gasteiger partial charge on any atom is 0.129 e. The van der Waals surface area contributed by atoms with E-state index in [2.05, 4.69) is 10.3 Å². The SMILES string of the molecule is CCNC(Cc1ccc(F)cc1F)c1ncccc1C. The van der Waals surface area contributed by atoms with Crippen LogP contribution < -0.4 is 5.32 Å². The largest absolute Gasteiger partial charge is 0.309 e. The molecule has 1 unspecified atom stereocenters. The predicted molar refractivity (Wildman–Crippen MR) is 75.5 cm³/mol. The lowest BCUT2D eigenvalue weighted by atomic mass is 9.99. The Morgan fingerprint density at radius 1 is 1.25 bits per heavy atom. The highest BCUT2D eigenvalue weighted by Crippen LogP contribution is 2.21. The first-order valence-electron chi connectivity index (χ1n) is 6.70. The molecule has 0 aliphatic carbocycles. The molecule has 1 atom stereocenters. The number of benzene rings is 1. The van der Waals surface area contributed by atoms with Gasteiger partial charge in [0.05, 0.1) is 11.7 Å². The fourth-order valence-corrected chi connectivity index (χ4v) is 2.28. The standard InChI is InChI=1S/C16H18F2N2/c1-3-19-15(16-11(2)5-4-8-20-16)9-12-6-7-13(17)10-14(12)18/h4-8,10,15,19H,3,9H2,1-2H3. The first-order chi connectivity index (χ1) is 9.61. The Labute approximate surface area is 117 Å². The van der Waals surface area contributed by atoms with E-state index in [4.69, 9.17) is 0 Å². The van der Waals surface area contributed by atoms with Gasteiger partial charge in [-0.15, -0.1) is 0 Å². The van der Waals surface area contributed by atoms with Crippen LogP contribution >= 0.6 is 0 Å². The van der Waals surface area contributed by atoms with E-state index in [-0.39, 0.29) is 6.04 Å². The summed E-state index contributed by atoms with van der Waals surface area (Å²) < 4.78 is 26.7. The van der Waals surface area contributed by atoms with Gasteiger partial charge in [-0.25, -0.2) is 8.78 Å². The Morgan fingerprint density at radius 3 is 2.70 bits per heavy atom.